The summed E-state index contributed by atoms with van der Waals surface area (Å²) in [6.45, 7) is 3.79. The third-order valence-electron chi connectivity index (χ3n) is 2.74. The summed E-state index contributed by atoms with van der Waals surface area (Å²) in [6, 6.07) is 4.06. The number of carbonyl (C=O) groups excluding carboxylic acids is 1. The topological polar surface area (TPSA) is 66.4 Å². The molecule has 6 heteroatoms. The van der Waals surface area contributed by atoms with Crippen molar-refractivity contribution in [1.29, 1.82) is 0 Å². The van der Waals surface area contributed by atoms with Crippen LogP contribution in [0.1, 0.15) is 25.8 Å². The highest BCUT2D eigenvalue weighted by molar-refractivity contribution is 6.36. The fourth-order valence-electron chi connectivity index (χ4n) is 1.80. The molecule has 0 bridgehead atoms. The Labute approximate surface area is 128 Å². The lowest BCUT2D eigenvalue weighted by atomic mass is 10.0. The maximum atomic E-state index is 11.9. The second-order valence-corrected chi connectivity index (χ2v) is 5.78. The Hall–Kier alpha value is -1.26. The first-order valence-electron chi connectivity index (χ1n) is 6.26. The number of nitrogens with one attached hydrogen (secondary N) is 1. The monoisotopic (exact) mass is 317 g/mol. The van der Waals surface area contributed by atoms with E-state index in [1.807, 2.05) is 13.8 Å². The van der Waals surface area contributed by atoms with Crippen LogP contribution in [0.2, 0.25) is 10.0 Å². The van der Waals surface area contributed by atoms with Crippen LogP contribution in [-0.2, 0) is 16.0 Å². The summed E-state index contributed by atoms with van der Waals surface area (Å²) in [5.74, 6) is -1.29. The predicted octanol–water partition coefficient (Wildman–Crippen LogP) is 3.15. The zero-order valence-corrected chi connectivity index (χ0v) is 12.8. The van der Waals surface area contributed by atoms with Gasteiger partial charge in [-0.05, 0) is 30.0 Å². The third-order valence-corrected chi connectivity index (χ3v) is 3.45. The van der Waals surface area contributed by atoms with E-state index >= 15 is 0 Å². The molecule has 0 aliphatic carbocycles. The minimum absolute atomic E-state index is 0.0413. The molecule has 0 saturated carbocycles. The number of hydrogen-bond acceptors (Lipinski definition) is 2. The second-order valence-electron chi connectivity index (χ2n) is 4.96. The molecule has 0 radical (unpaired) electrons. The van der Waals surface area contributed by atoms with Gasteiger partial charge >= 0.3 is 5.97 Å². The smallest absolute Gasteiger partial charge is 0.326 e. The number of hydrogen-bond donors (Lipinski definition) is 2. The van der Waals surface area contributed by atoms with E-state index in [2.05, 4.69) is 5.32 Å². The highest BCUT2D eigenvalue weighted by atomic mass is 35.5. The fraction of sp³-hybridized carbons (Fsp3) is 0.429. The van der Waals surface area contributed by atoms with Crippen molar-refractivity contribution in [2.75, 3.05) is 0 Å². The molecule has 1 atom stereocenters. The molecule has 1 aromatic rings. The minimum Gasteiger partial charge on any atom is -0.480 e. The van der Waals surface area contributed by atoms with Crippen molar-refractivity contribution >= 4 is 35.1 Å². The zero-order valence-electron chi connectivity index (χ0n) is 11.3. The van der Waals surface area contributed by atoms with Crippen LogP contribution in [0.3, 0.4) is 0 Å². The molecule has 0 fully saturated rings. The van der Waals surface area contributed by atoms with Crippen molar-refractivity contribution in [2.45, 2.75) is 32.7 Å². The average molecular weight is 318 g/mol. The molecule has 1 aromatic carbocycles. The Morgan fingerprint density at radius 3 is 2.25 bits per heavy atom. The fourth-order valence-corrected chi connectivity index (χ4v) is 2.33. The van der Waals surface area contributed by atoms with Crippen LogP contribution in [-0.4, -0.2) is 23.0 Å². The van der Waals surface area contributed by atoms with Crippen LogP contribution in [0.15, 0.2) is 18.2 Å². The van der Waals surface area contributed by atoms with Gasteiger partial charge in [-0.25, -0.2) is 4.79 Å². The maximum absolute atomic E-state index is 11.9. The molecule has 0 saturated heterocycles. The lowest BCUT2D eigenvalue weighted by molar-refractivity contribution is -0.142. The standard InChI is InChI=1S/C14H17Cl2NO3/c1-8(2)6-12(14(19)20)17-13(18)7-9-10(15)4-3-5-11(9)16/h3-5,8,12H,6-7H2,1-2H3,(H,17,18)(H,19,20)/t12-/m0/s1. The molecule has 110 valence electrons. The van der Waals surface area contributed by atoms with Crippen molar-refractivity contribution in [1.82, 2.24) is 5.32 Å². The van der Waals surface area contributed by atoms with E-state index in [4.69, 9.17) is 28.3 Å². The molecule has 20 heavy (non-hydrogen) atoms. The Balaban J connectivity index is 2.73. The first-order chi connectivity index (χ1) is 9.31. The number of aliphatic carboxylic acids is 1. The van der Waals surface area contributed by atoms with Crippen LogP contribution < -0.4 is 5.32 Å². The molecule has 0 unspecified atom stereocenters. The van der Waals surface area contributed by atoms with Gasteiger partial charge in [-0.2, -0.15) is 0 Å². The van der Waals surface area contributed by atoms with Gasteiger partial charge in [0.15, 0.2) is 0 Å². The molecule has 0 aliphatic rings. The van der Waals surface area contributed by atoms with Crippen LogP contribution in [0, 0.1) is 5.92 Å². The summed E-state index contributed by atoms with van der Waals surface area (Å²) in [7, 11) is 0. The van der Waals surface area contributed by atoms with Crippen molar-refractivity contribution in [2.24, 2.45) is 5.92 Å². The molecule has 0 aliphatic heterocycles. The van der Waals surface area contributed by atoms with Gasteiger partial charge in [-0.15, -0.1) is 0 Å². The van der Waals surface area contributed by atoms with Gasteiger partial charge in [0.25, 0.3) is 0 Å². The maximum Gasteiger partial charge on any atom is 0.326 e. The van der Waals surface area contributed by atoms with Crippen molar-refractivity contribution in [3.63, 3.8) is 0 Å². The number of rotatable bonds is 6. The van der Waals surface area contributed by atoms with Gasteiger partial charge in [-0.3, -0.25) is 4.79 Å². The van der Waals surface area contributed by atoms with Crippen LogP contribution in [0.4, 0.5) is 0 Å². The van der Waals surface area contributed by atoms with E-state index in [0.717, 1.165) is 0 Å². The number of benzene rings is 1. The normalized spacial score (nSPS) is 12.2. The predicted molar refractivity (Wildman–Crippen MR) is 79.2 cm³/mol. The summed E-state index contributed by atoms with van der Waals surface area (Å²) in [4.78, 5) is 23.0. The number of halogens is 2. The number of amides is 1. The molecule has 0 aromatic heterocycles. The zero-order chi connectivity index (χ0) is 15.3. The van der Waals surface area contributed by atoms with Gasteiger partial charge in [0.1, 0.15) is 6.04 Å². The van der Waals surface area contributed by atoms with Gasteiger partial charge in [0.05, 0.1) is 6.42 Å². The van der Waals surface area contributed by atoms with Crippen LogP contribution in [0.25, 0.3) is 0 Å². The van der Waals surface area contributed by atoms with Gasteiger partial charge in [0.2, 0.25) is 5.91 Å². The van der Waals surface area contributed by atoms with E-state index in [0.29, 0.717) is 22.0 Å². The molecule has 0 spiro atoms. The second kappa shape index (κ2) is 7.50. The summed E-state index contributed by atoms with van der Waals surface area (Å²) >= 11 is 12.0. The van der Waals surface area contributed by atoms with Crippen molar-refractivity contribution < 1.29 is 14.7 Å². The molecule has 4 nitrogen and oxygen atoms in total. The number of carboxylic acid groups (broad SMARTS) is 1. The van der Waals surface area contributed by atoms with E-state index in [-0.39, 0.29) is 12.3 Å². The summed E-state index contributed by atoms with van der Waals surface area (Å²) in [5, 5.41) is 12.4. The first-order valence-corrected chi connectivity index (χ1v) is 7.02. The highest BCUT2D eigenvalue weighted by Crippen LogP contribution is 2.24. The SMILES string of the molecule is CC(C)C[C@H](NC(=O)Cc1c(Cl)cccc1Cl)C(=O)O. The largest absolute Gasteiger partial charge is 0.480 e. The van der Waals surface area contributed by atoms with E-state index in [1.54, 1.807) is 18.2 Å². The van der Waals surface area contributed by atoms with E-state index in [1.165, 1.54) is 0 Å². The lowest BCUT2D eigenvalue weighted by Gasteiger charge is -2.17. The van der Waals surface area contributed by atoms with Gasteiger partial charge < -0.3 is 10.4 Å². The Kier molecular flexibility index (Phi) is 6.30. The van der Waals surface area contributed by atoms with Crippen molar-refractivity contribution in [3.8, 4) is 0 Å². The highest BCUT2D eigenvalue weighted by Gasteiger charge is 2.21. The Morgan fingerprint density at radius 1 is 1.25 bits per heavy atom. The van der Waals surface area contributed by atoms with Crippen molar-refractivity contribution in [3.05, 3.63) is 33.8 Å². The molecule has 1 rings (SSSR count). The summed E-state index contributed by atoms with van der Waals surface area (Å²) < 4.78 is 0. The summed E-state index contributed by atoms with van der Waals surface area (Å²) in [5.41, 5.74) is 0.502. The number of carbonyl (C=O) groups is 2. The average Bonchev–Trinajstić information content (AvgIpc) is 2.32. The minimum atomic E-state index is -1.04. The lowest BCUT2D eigenvalue weighted by Crippen LogP contribution is -2.42. The van der Waals surface area contributed by atoms with E-state index < -0.39 is 17.9 Å². The molecule has 1 amide bonds. The van der Waals surface area contributed by atoms with E-state index in [9.17, 15) is 9.59 Å². The first kappa shape index (κ1) is 16.8. The van der Waals surface area contributed by atoms with Gasteiger partial charge in [0, 0.05) is 10.0 Å². The van der Waals surface area contributed by atoms with Gasteiger partial charge in [-0.1, -0.05) is 43.1 Å². The molecule has 2 N–H and O–H groups in total. The summed E-state index contributed by atoms with van der Waals surface area (Å²) in [6.07, 6.45) is 0.331. The third kappa shape index (κ3) is 5.02. The molecule has 0 heterocycles. The molecular formula is C14H17Cl2NO3. The number of carboxylic acids is 1. The molecular weight excluding hydrogens is 301 g/mol. The van der Waals surface area contributed by atoms with Crippen LogP contribution >= 0.6 is 23.2 Å². The van der Waals surface area contributed by atoms with Crippen LogP contribution in [0.5, 0.6) is 0 Å². The Morgan fingerprint density at radius 2 is 1.80 bits per heavy atom. The quantitative estimate of drug-likeness (QED) is 0.847. The Bertz CT molecular complexity index is 483.